The first kappa shape index (κ1) is 24.7. The Hall–Kier alpha value is -0.259. The molecule has 0 aliphatic carbocycles. The first-order valence-corrected chi connectivity index (χ1v) is 9.70. The van der Waals surface area contributed by atoms with Crippen molar-refractivity contribution in [3.05, 3.63) is 58.7 Å². The van der Waals surface area contributed by atoms with Crippen molar-refractivity contribution in [2.24, 2.45) is 0 Å². The molecule has 25 heavy (non-hydrogen) atoms. The zero-order valence-electron chi connectivity index (χ0n) is 14.4. The molecule has 0 fully saturated rings. The number of rotatable bonds is 2. The van der Waals surface area contributed by atoms with Gasteiger partial charge in [0.2, 0.25) is 0 Å². The number of aryl methyl sites for hydroxylation is 4. The van der Waals surface area contributed by atoms with E-state index in [1.807, 2.05) is 13.8 Å². The molecular formula is C16H18O6S2Sr. The van der Waals surface area contributed by atoms with E-state index in [4.69, 9.17) is 0 Å². The van der Waals surface area contributed by atoms with Gasteiger partial charge in [-0.05, 0) is 51.0 Å². The van der Waals surface area contributed by atoms with E-state index in [-0.39, 0.29) is 55.3 Å². The average molecular weight is 458 g/mol. The van der Waals surface area contributed by atoms with E-state index < -0.39 is 20.2 Å². The van der Waals surface area contributed by atoms with Crippen LogP contribution in [0.1, 0.15) is 22.3 Å². The van der Waals surface area contributed by atoms with Crippen molar-refractivity contribution in [3.63, 3.8) is 0 Å². The summed E-state index contributed by atoms with van der Waals surface area (Å²) < 4.78 is 63.7. The molecule has 0 radical (unpaired) electrons. The van der Waals surface area contributed by atoms with Crippen LogP contribution in [0.5, 0.6) is 0 Å². The summed E-state index contributed by atoms with van der Waals surface area (Å²) in [6, 6.07) is 9.24. The third kappa shape index (κ3) is 7.88. The first-order chi connectivity index (χ1) is 10.8. The summed E-state index contributed by atoms with van der Waals surface area (Å²) in [5.74, 6) is 0. The smallest absolute Gasteiger partial charge is 0.744 e. The van der Waals surface area contributed by atoms with Crippen LogP contribution in [0.2, 0.25) is 0 Å². The van der Waals surface area contributed by atoms with Crippen molar-refractivity contribution in [2.75, 3.05) is 0 Å². The Bertz CT molecular complexity index is 871. The van der Waals surface area contributed by atoms with Gasteiger partial charge in [0, 0.05) is 0 Å². The molecule has 0 aliphatic heterocycles. The number of benzene rings is 2. The van der Waals surface area contributed by atoms with Crippen LogP contribution in [0.15, 0.2) is 46.2 Å². The van der Waals surface area contributed by atoms with Crippen LogP contribution in [0, 0.1) is 27.7 Å². The van der Waals surface area contributed by atoms with E-state index >= 15 is 0 Å². The number of hydrogen-bond acceptors (Lipinski definition) is 6. The normalized spacial score (nSPS) is 11.1. The van der Waals surface area contributed by atoms with Crippen LogP contribution in [0.25, 0.3) is 0 Å². The zero-order chi connectivity index (χ0) is 18.7. The molecule has 2 aromatic rings. The van der Waals surface area contributed by atoms with Gasteiger partial charge in [-0.25, -0.2) is 16.8 Å². The van der Waals surface area contributed by atoms with Crippen molar-refractivity contribution >= 4 is 65.7 Å². The monoisotopic (exact) mass is 458 g/mol. The van der Waals surface area contributed by atoms with Crippen LogP contribution in [-0.4, -0.2) is 71.4 Å². The summed E-state index contributed by atoms with van der Waals surface area (Å²) in [5.41, 5.74) is 2.90. The van der Waals surface area contributed by atoms with Crippen LogP contribution in [0.3, 0.4) is 0 Å². The maximum Gasteiger partial charge on any atom is 2.00 e. The van der Waals surface area contributed by atoms with Crippen molar-refractivity contribution in [2.45, 2.75) is 37.5 Å². The van der Waals surface area contributed by atoms with Crippen LogP contribution in [0.4, 0.5) is 0 Å². The Morgan fingerprint density at radius 3 is 1.12 bits per heavy atom. The van der Waals surface area contributed by atoms with Crippen molar-refractivity contribution in [1.82, 2.24) is 0 Å². The largest absolute Gasteiger partial charge is 2.00 e. The van der Waals surface area contributed by atoms with Gasteiger partial charge in [0.15, 0.2) is 0 Å². The van der Waals surface area contributed by atoms with Gasteiger partial charge < -0.3 is 9.11 Å². The van der Waals surface area contributed by atoms with Crippen LogP contribution in [-0.2, 0) is 20.2 Å². The number of hydrogen-bond donors (Lipinski definition) is 0. The zero-order valence-corrected chi connectivity index (χ0v) is 19.5. The van der Waals surface area contributed by atoms with Gasteiger partial charge in [-0.2, -0.15) is 0 Å². The third-order valence-corrected chi connectivity index (χ3v) is 5.19. The Morgan fingerprint density at radius 1 is 0.640 bits per heavy atom. The molecule has 9 heteroatoms. The van der Waals surface area contributed by atoms with Crippen LogP contribution < -0.4 is 0 Å². The van der Waals surface area contributed by atoms with E-state index in [0.29, 0.717) is 11.1 Å². The van der Waals surface area contributed by atoms with Gasteiger partial charge in [-0.15, -0.1) is 0 Å². The molecule has 0 saturated carbocycles. The van der Waals surface area contributed by atoms with E-state index in [2.05, 4.69) is 0 Å². The minimum Gasteiger partial charge on any atom is -0.744 e. The molecule has 0 amide bonds. The maximum atomic E-state index is 10.6. The predicted molar refractivity (Wildman–Crippen MR) is 93.5 cm³/mol. The fourth-order valence-electron chi connectivity index (χ4n) is 2.16. The van der Waals surface area contributed by atoms with Gasteiger partial charge in [0.05, 0.1) is 9.79 Å². The van der Waals surface area contributed by atoms with Gasteiger partial charge in [-0.1, -0.05) is 35.4 Å². The third-order valence-electron chi connectivity index (χ3n) is 3.20. The van der Waals surface area contributed by atoms with Gasteiger partial charge in [-0.3, -0.25) is 0 Å². The summed E-state index contributed by atoms with van der Waals surface area (Å²) in [6.07, 6.45) is 0. The van der Waals surface area contributed by atoms with E-state index in [0.717, 1.165) is 11.1 Å². The topological polar surface area (TPSA) is 114 Å². The Labute approximate surface area is 186 Å². The fourth-order valence-corrected chi connectivity index (χ4v) is 3.54. The Balaban J connectivity index is 0.000000443. The van der Waals surface area contributed by atoms with Crippen molar-refractivity contribution < 1.29 is 25.9 Å². The molecule has 0 N–H and O–H groups in total. The molecule has 132 valence electrons. The molecular weight excluding hydrogens is 440 g/mol. The van der Waals surface area contributed by atoms with Crippen molar-refractivity contribution in [1.29, 1.82) is 0 Å². The van der Waals surface area contributed by atoms with Gasteiger partial charge >= 0.3 is 45.5 Å². The second-order valence-corrected chi connectivity index (χ2v) is 8.14. The molecule has 0 saturated heterocycles. The summed E-state index contributed by atoms with van der Waals surface area (Å²) in [4.78, 5) is -0.263. The predicted octanol–water partition coefficient (Wildman–Crippen LogP) is 2.03. The summed E-state index contributed by atoms with van der Waals surface area (Å²) >= 11 is 0. The van der Waals surface area contributed by atoms with Crippen molar-refractivity contribution in [3.8, 4) is 0 Å². The van der Waals surface area contributed by atoms with E-state index in [9.17, 15) is 25.9 Å². The fraction of sp³-hybridized carbons (Fsp3) is 0.250. The minimum absolute atomic E-state index is 0. The summed E-state index contributed by atoms with van der Waals surface area (Å²) in [6.45, 7) is 6.90. The minimum atomic E-state index is -4.30. The second-order valence-electron chi connectivity index (χ2n) is 5.45. The Kier molecular flexibility index (Phi) is 9.51. The molecule has 6 nitrogen and oxygen atoms in total. The Morgan fingerprint density at radius 2 is 0.920 bits per heavy atom. The van der Waals surface area contributed by atoms with Gasteiger partial charge in [0.25, 0.3) is 0 Å². The van der Waals surface area contributed by atoms with E-state index in [1.165, 1.54) is 12.1 Å². The molecule has 0 bridgehead atoms. The SMILES string of the molecule is Cc1ccc(S(=O)(=O)[O-])c(C)c1.Cc1ccc(S(=O)(=O)[O-])c(C)c1.[Sr+2]. The standard InChI is InChI=1S/2C8H10O3S.Sr/c2*1-6-3-4-8(7(2)5-6)12(9,10)11;/h2*3-5H,1-2H3,(H,9,10,11);/q;;+2/p-2. The molecule has 2 rings (SSSR count). The second kappa shape index (κ2) is 9.61. The summed E-state index contributed by atoms with van der Waals surface area (Å²) in [7, 11) is -8.60. The van der Waals surface area contributed by atoms with Gasteiger partial charge in [0.1, 0.15) is 20.2 Å². The molecule has 0 unspecified atom stereocenters. The quantitative estimate of drug-likeness (QED) is 0.503. The maximum absolute atomic E-state index is 10.6. The van der Waals surface area contributed by atoms with Crippen LogP contribution >= 0.6 is 0 Å². The molecule has 0 aliphatic rings. The summed E-state index contributed by atoms with van der Waals surface area (Å²) in [5, 5.41) is 0. The molecule has 0 heterocycles. The van der Waals surface area contributed by atoms with E-state index in [1.54, 1.807) is 38.1 Å². The molecule has 0 atom stereocenters. The average Bonchev–Trinajstić information content (AvgIpc) is 2.35. The molecule has 2 aromatic carbocycles. The molecule has 0 spiro atoms. The molecule has 0 aromatic heterocycles. The first-order valence-electron chi connectivity index (χ1n) is 6.88.